The number of methoxy groups -OCH3 is 1. The summed E-state index contributed by atoms with van der Waals surface area (Å²) in [5.41, 5.74) is -0.276. The van der Waals surface area contributed by atoms with E-state index in [0.717, 1.165) is 25.3 Å². The normalized spacial score (nSPS) is 21.3. The third kappa shape index (κ3) is 3.45. The van der Waals surface area contributed by atoms with Gasteiger partial charge < -0.3 is 10.1 Å². The smallest absolute Gasteiger partial charge is 0.290 e. The fourth-order valence-electron chi connectivity index (χ4n) is 2.46. The number of ether oxygens (including phenoxy) is 1. The van der Waals surface area contributed by atoms with Gasteiger partial charge in [-0.25, -0.2) is 0 Å². The number of nitrogens with one attached hydrogen (secondary N) is 1. The molecule has 2 atom stereocenters. The lowest BCUT2D eigenvalue weighted by Gasteiger charge is -2.19. The number of hydrogen-bond donors (Lipinski definition) is 1. The average Bonchev–Trinajstić information content (AvgIpc) is 2.88. The van der Waals surface area contributed by atoms with Crippen molar-refractivity contribution in [1.29, 1.82) is 0 Å². The van der Waals surface area contributed by atoms with E-state index >= 15 is 0 Å². The number of halogens is 2. The number of hydrogen-bond acceptors (Lipinski definition) is 4. The first-order valence-corrected chi connectivity index (χ1v) is 7.16. The van der Waals surface area contributed by atoms with Crippen LogP contribution in [0, 0.1) is 10.1 Å². The molecule has 2 unspecified atom stereocenters. The molecule has 1 aromatic rings. The van der Waals surface area contributed by atoms with Crippen LogP contribution in [-0.4, -0.2) is 30.1 Å². The number of nitrogens with zero attached hydrogens (tertiary/aromatic N) is 1. The highest BCUT2D eigenvalue weighted by atomic mass is 35.5. The quantitative estimate of drug-likeness (QED) is 0.678. The number of benzene rings is 1. The minimum atomic E-state index is -0.668. The van der Waals surface area contributed by atoms with Gasteiger partial charge in [0.15, 0.2) is 0 Å². The molecule has 0 aromatic heterocycles. The Morgan fingerprint density at radius 1 is 1.43 bits per heavy atom. The Morgan fingerprint density at radius 3 is 2.76 bits per heavy atom. The monoisotopic (exact) mass is 332 g/mol. The fraction of sp³-hybridized carbons (Fsp3) is 0.462. The molecule has 0 spiro atoms. The molecular formula is C13H14Cl2N2O4. The van der Waals surface area contributed by atoms with Crippen LogP contribution in [0.3, 0.4) is 0 Å². The third-order valence-corrected chi connectivity index (χ3v) is 4.33. The SMILES string of the molecule is COC1CCCC1NC(=O)c1cc(Cl)c(Cl)c([N+](=O)[O-])c1. The maximum atomic E-state index is 12.2. The molecule has 0 bridgehead atoms. The maximum Gasteiger partial charge on any atom is 0.290 e. The molecule has 0 radical (unpaired) electrons. The summed E-state index contributed by atoms with van der Waals surface area (Å²) >= 11 is 11.6. The van der Waals surface area contributed by atoms with Crippen molar-refractivity contribution in [3.05, 3.63) is 37.9 Å². The van der Waals surface area contributed by atoms with Gasteiger partial charge in [0, 0.05) is 18.7 Å². The fourth-order valence-corrected chi connectivity index (χ4v) is 2.86. The van der Waals surface area contributed by atoms with Crippen LogP contribution >= 0.6 is 23.2 Å². The highest BCUT2D eigenvalue weighted by molar-refractivity contribution is 6.43. The second-order valence-electron chi connectivity index (χ2n) is 4.83. The Balaban J connectivity index is 2.21. The van der Waals surface area contributed by atoms with Gasteiger partial charge >= 0.3 is 0 Å². The molecule has 0 aliphatic heterocycles. The lowest BCUT2D eigenvalue weighted by molar-refractivity contribution is -0.384. The number of amides is 1. The van der Waals surface area contributed by atoms with Crippen LogP contribution in [0.25, 0.3) is 0 Å². The molecule has 21 heavy (non-hydrogen) atoms. The molecule has 1 aliphatic rings. The molecule has 1 aromatic carbocycles. The second kappa shape index (κ2) is 6.60. The average molecular weight is 333 g/mol. The second-order valence-corrected chi connectivity index (χ2v) is 5.62. The van der Waals surface area contributed by atoms with Gasteiger partial charge in [-0.2, -0.15) is 0 Å². The van der Waals surface area contributed by atoms with Crippen LogP contribution in [0.2, 0.25) is 10.0 Å². The van der Waals surface area contributed by atoms with Crippen molar-refractivity contribution in [1.82, 2.24) is 5.32 Å². The lowest BCUT2D eigenvalue weighted by Crippen LogP contribution is -2.40. The first-order chi connectivity index (χ1) is 9.93. The summed E-state index contributed by atoms with van der Waals surface area (Å²) in [4.78, 5) is 22.4. The number of rotatable bonds is 4. The summed E-state index contributed by atoms with van der Waals surface area (Å²) in [6.07, 6.45) is 2.62. The van der Waals surface area contributed by atoms with Crippen LogP contribution in [-0.2, 0) is 4.74 Å². The molecule has 6 nitrogen and oxygen atoms in total. The van der Waals surface area contributed by atoms with E-state index in [2.05, 4.69) is 5.32 Å². The van der Waals surface area contributed by atoms with Crippen molar-refractivity contribution < 1.29 is 14.5 Å². The number of nitro benzene ring substituents is 1. The molecule has 0 heterocycles. The lowest BCUT2D eigenvalue weighted by atomic mass is 10.1. The summed E-state index contributed by atoms with van der Waals surface area (Å²) < 4.78 is 5.30. The highest BCUT2D eigenvalue weighted by Gasteiger charge is 2.29. The van der Waals surface area contributed by atoms with Gasteiger partial charge in [0.1, 0.15) is 5.02 Å². The zero-order chi connectivity index (χ0) is 15.6. The molecule has 1 aliphatic carbocycles. The van der Waals surface area contributed by atoms with Gasteiger partial charge in [0.05, 0.1) is 22.1 Å². The van der Waals surface area contributed by atoms with Crippen LogP contribution in [0.15, 0.2) is 12.1 Å². The Bertz CT molecular complexity index is 580. The maximum absolute atomic E-state index is 12.2. The molecule has 1 saturated carbocycles. The summed E-state index contributed by atoms with van der Waals surface area (Å²) in [6, 6.07) is 2.35. The highest BCUT2D eigenvalue weighted by Crippen LogP contribution is 2.33. The standard InChI is InChI=1S/C13H14Cl2N2O4/c1-21-11-4-2-3-9(11)16-13(18)7-5-8(14)12(15)10(6-7)17(19)20/h5-6,9,11H,2-4H2,1H3,(H,16,18). The Kier molecular flexibility index (Phi) is 5.03. The number of carbonyl (C=O) groups excluding carboxylic acids is 1. The minimum absolute atomic E-state index is 0.0225. The summed E-state index contributed by atoms with van der Waals surface area (Å²) in [7, 11) is 1.60. The minimum Gasteiger partial charge on any atom is -0.379 e. The summed E-state index contributed by atoms with van der Waals surface area (Å²) in [6.45, 7) is 0. The van der Waals surface area contributed by atoms with Crippen molar-refractivity contribution in [3.63, 3.8) is 0 Å². The molecule has 1 amide bonds. The largest absolute Gasteiger partial charge is 0.379 e. The van der Waals surface area contributed by atoms with Crippen molar-refractivity contribution in [3.8, 4) is 0 Å². The van der Waals surface area contributed by atoms with Crippen LogP contribution in [0.5, 0.6) is 0 Å². The molecule has 2 rings (SSSR count). The van der Waals surface area contributed by atoms with Crippen LogP contribution in [0.4, 0.5) is 5.69 Å². The van der Waals surface area contributed by atoms with Gasteiger partial charge in [-0.15, -0.1) is 0 Å². The van der Waals surface area contributed by atoms with Gasteiger partial charge in [-0.05, 0) is 25.3 Å². The predicted octanol–water partition coefficient (Wildman–Crippen LogP) is 3.20. The van der Waals surface area contributed by atoms with Gasteiger partial charge in [-0.1, -0.05) is 23.2 Å². The molecular weight excluding hydrogens is 319 g/mol. The van der Waals surface area contributed by atoms with Crippen molar-refractivity contribution in [2.45, 2.75) is 31.4 Å². The molecule has 114 valence electrons. The zero-order valence-electron chi connectivity index (χ0n) is 11.3. The molecule has 8 heteroatoms. The zero-order valence-corrected chi connectivity index (χ0v) is 12.8. The number of carbonyl (C=O) groups is 1. The van der Waals surface area contributed by atoms with Crippen LogP contribution in [0.1, 0.15) is 29.6 Å². The van der Waals surface area contributed by atoms with Crippen LogP contribution < -0.4 is 5.32 Å². The Labute approximate surface area is 131 Å². The van der Waals surface area contributed by atoms with E-state index in [4.69, 9.17) is 27.9 Å². The van der Waals surface area contributed by atoms with E-state index in [1.807, 2.05) is 0 Å². The Morgan fingerprint density at radius 2 is 2.14 bits per heavy atom. The number of nitro groups is 1. The topological polar surface area (TPSA) is 81.5 Å². The molecule has 1 fully saturated rings. The van der Waals surface area contributed by atoms with E-state index in [1.165, 1.54) is 6.07 Å². The first kappa shape index (κ1) is 16.0. The molecule has 0 saturated heterocycles. The third-order valence-electron chi connectivity index (χ3n) is 3.54. The summed E-state index contributed by atoms with van der Waals surface area (Å²) in [5.74, 6) is -0.425. The van der Waals surface area contributed by atoms with Gasteiger partial charge in [0.25, 0.3) is 11.6 Å². The summed E-state index contributed by atoms with van der Waals surface area (Å²) in [5, 5.41) is 13.5. The van der Waals surface area contributed by atoms with E-state index in [9.17, 15) is 14.9 Å². The van der Waals surface area contributed by atoms with Gasteiger partial charge in [0.2, 0.25) is 0 Å². The van der Waals surface area contributed by atoms with Gasteiger partial charge in [-0.3, -0.25) is 14.9 Å². The van der Waals surface area contributed by atoms with Crippen molar-refractivity contribution in [2.75, 3.05) is 7.11 Å². The predicted molar refractivity (Wildman–Crippen MR) is 79.0 cm³/mol. The molecule has 1 N–H and O–H groups in total. The van der Waals surface area contributed by atoms with E-state index in [0.29, 0.717) is 0 Å². The van der Waals surface area contributed by atoms with E-state index < -0.39 is 10.8 Å². The first-order valence-electron chi connectivity index (χ1n) is 6.41. The van der Waals surface area contributed by atoms with E-state index in [-0.39, 0.29) is 33.4 Å². The Hall–Kier alpha value is -1.37. The van der Waals surface area contributed by atoms with Crippen molar-refractivity contribution >= 4 is 34.8 Å². The van der Waals surface area contributed by atoms with Crippen molar-refractivity contribution in [2.24, 2.45) is 0 Å². The van der Waals surface area contributed by atoms with E-state index in [1.54, 1.807) is 7.11 Å².